The van der Waals surface area contributed by atoms with Crippen LogP contribution in [-0.2, 0) is 4.79 Å². The third-order valence-corrected chi connectivity index (χ3v) is 5.36. The average molecular weight is 407 g/mol. The van der Waals surface area contributed by atoms with Crippen LogP contribution in [-0.4, -0.2) is 34.9 Å². The predicted octanol–water partition coefficient (Wildman–Crippen LogP) is 4.56. The van der Waals surface area contributed by atoms with E-state index in [-0.39, 0.29) is 24.2 Å². The summed E-state index contributed by atoms with van der Waals surface area (Å²) in [5, 5.41) is 2.87. The van der Waals surface area contributed by atoms with Crippen molar-refractivity contribution in [2.75, 3.05) is 18.9 Å². The minimum Gasteiger partial charge on any atom is -0.332 e. The second kappa shape index (κ2) is 8.53. The molecule has 156 valence electrons. The molecule has 0 atom stereocenters. The molecule has 0 unspecified atom stereocenters. The summed E-state index contributed by atoms with van der Waals surface area (Å²) >= 11 is 0. The second-order valence-corrected chi connectivity index (χ2v) is 7.53. The lowest BCUT2D eigenvalue weighted by molar-refractivity contribution is -0.116. The van der Waals surface area contributed by atoms with Gasteiger partial charge in [-0.1, -0.05) is 24.3 Å². The predicted molar refractivity (Wildman–Crippen MR) is 117 cm³/mol. The molecule has 1 aromatic heterocycles. The van der Waals surface area contributed by atoms with Crippen molar-refractivity contribution in [1.29, 1.82) is 0 Å². The highest BCUT2D eigenvalue weighted by Gasteiger charge is 2.22. The SMILES string of the molecule is Cc1cccc(NC(=O)CN(C)C(=O)c2cc(C)n(-c3ccccc3F)c2C)c1C. The maximum absolute atomic E-state index is 14.3. The van der Waals surface area contributed by atoms with Gasteiger partial charge in [-0.2, -0.15) is 0 Å². The summed E-state index contributed by atoms with van der Waals surface area (Å²) in [5.74, 6) is -0.927. The number of anilines is 1. The van der Waals surface area contributed by atoms with Crippen LogP contribution in [0.5, 0.6) is 0 Å². The Bertz CT molecular complexity index is 1120. The van der Waals surface area contributed by atoms with Gasteiger partial charge in [0.1, 0.15) is 5.82 Å². The minimum absolute atomic E-state index is 0.0877. The fourth-order valence-electron chi connectivity index (χ4n) is 3.55. The van der Waals surface area contributed by atoms with Crippen LogP contribution in [0.25, 0.3) is 5.69 Å². The zero-order valence-corrected chi connectivity index (χ0v) is 17.9. The molecule has 0 bridgehead atoms. The van der Waals surface area contributed by atoms with Gasteiger partial charge in [0.15, 0.2) is 0 Å². The number of para-hydroxylation sites is 1. The number of aromatic nitrogens is 1. The van der Waals surface area contributed by atoms with E-state index >= 15 is 0 Å². The fourth-order valence-corrected chi connectivity index (χ4v) is 3.55. The molecular formula is C24H26FN3O2. The largest absolute Gasteiger partial charge is 0.332 e. The van der Waals surface area contributed by atoms with E-state index < -0.39 is 0 Å². The van der Waals surface area contributed by atoms with Gasteiger partial charge in [-0.25, -0.2) is 4.39 Å². The smallest absolute Gasteiger partial charge is 0.255 e. The number of carbonyl (C=O) groups excluding carboxylic acids is 2. The van der Waals surface area contributed by atoms with Crippen molar-refractivity contribution >= 4 is 17.5 Å². The van der Waals surface area contributed by atoms with E-state index in [9.17, 15) is 14.0 Å². The molecule has 6 heteroatoms. The Morgan fingerprint density at radius 2 is 1.73 bits per heavy atom. The first-order chi connectivity index (χ1) is 14.2. The van der Waals surface area contributed by atoms with E-state index in [1.807, 2.05) is 39.0 Å². The summed E-state index contributed by atoms with van der Waals surface area (Å²) in [5.41, 5.74) is 5.02. The van der Waals surface area contributed by atoms with Gasteiger partial charge in [-0.15, -0.1) is 0 Å². The van der Waals surface area contributed by atoms with Crippen molar-refractivity contribution < 1.29 is 14.0 Å². The van der Waals surface area contributed by atoms with Gasteiger partial charge >= 0.3 is 0 Å². The number of aryl methyl sites for hydroxylation is 2. The molecule has 0 radical (unpaired) electrons. The van der Waals surface area contributed by atoms with E-state index in [2.05, 4.69) is 5.32 Å². The quantitative estimate of drug-likeness (QED) is 0.674. The normalized spacial score (nSPS) is 10.7. The van der Waals surface area contributed by atoms with Crippen LogP contribution < -0.4 is 5.32 Å². The number of rotatable bonds is 5. The first kappa shape index (κ1) is 21.3. The molecule has 2 amide bonds. The monoisotopic (exact) mass is 407 g/mol. The Kier molecular flexibility index (Phi) is 6.06. The number of carbonyl (C=O) groups is 2. The third-order valence-electron chi connectivity index (χ3n) is 5.36. The van der Waals surface area contributed by atoms with Crippen molar-refractivity contribution in [2.45, 2.75) is 27.7 Å². The molecule has 1 N–H and O–H groups in total. The highest BCUT2D eigenvalue weighted by atomic mass is 19.1. The average Bonchev–Trinajstić information content (AvgIpc) is 2.99. The van der Waals surface area contributed by atoms with E-state index in [4.69, 9.17) is 0 Å². The van der Waals surface area contributed by atoms with Crippen LogP contribution in [0.1, 0.15) is 32.9 Å². The van der Waals surface area contributed by atoms with Crippen LogP contribution >= 0.6 is 0 Å². The van der Waals surface area contributed by atoms with Gasteiger partial charge in [-0.3, -0.25) is 9.59 Å². The van der Waals surface area contributed by atoms with Gasteiger partial charge in [0.25, 0.3) is 5.91 Å². The van der Waals surface area contributed by atoms with Crippen molar-refractivity contribution in [3.05, 3.63) is 82.4 Å². The first-order valence-corrected chi connectivity index (χ1v) is 9.76. The maximum Gasteiger partial charge on any atom is 0.255 e. The number of nitrogens with zero attached hydrogens (tertiary/aromatic N) is 2. The van der Waals surface area contributed by atoms with Gasteiger partial charge in [0.2, 0.25) is 5.91 Å². The van der Waals surface area contributed by atoms with Crippen molar-refractivity contribution in [3.8, 4) is 5.69 Å². The molecule has 0 saturated heterocycles. The number of likely N-dealkylation sites (N-methyl/N-ethyl adjacent to an activating group) is 1. The number of amides is 2. The zero-order chi connectivity index (χ0) is 22.0. The van der Waals surface area contributed by atoms with Crippen molar-refractivity contribution in [3.63, 3.8) is 0 Å². The van der Waals surface area contributed by atoms with Gasteiger partial charge in [0.05, 0.1) is 17.8 Å². The Labute approximate surface area is 176 Å². The molecule has 3 rings (SSSR count). The van der Waals surface area contributed by atoms with Gasteiger partial charge in [-0.05, 0) is 63.1 Å². The van der Waals surface area contributed by atoms with E-state index in [0.717, 1.165) is 22.5 Å². The van der Waals surface area contributed by atoms with Gasteiger partial charge < -0.3 is 14.8 Å². The maximum atomic E-state index is 14.3. The molecule has 0 saturated carbocycles. The summed E-state index contributed by atoms with van der Waals surface area (Å²) in [6, 6.07) is 13.9. The summed E-state index contributed by atoms with van der Waals surface area (Å²) in [6.07, 6.45) is 0. The Morgan fingerprint density at radius 3 is 2.43 bits per heavy atom. The third kappa shape index (κ3) is 4.13. The molecule has 0 aliphatic carbocycles. The van der Waals surface area contributed by atoms with Crippen LogP contribution in [0.2, 0.25) is 0 Å². The Balaban J connectivity index is 1.78. The molecular weight excluding hydrogens is 381 g/mol. The van der Waals surface area contributed by atoms with Crippen LogP contribution in [0, 0.1) is 33.5 Å². The van der Waals surface area contributed by atoms with Gasteiger partial charge in [0, 0.05) is 24.1 Å². The fraction of sp³-hybridized carbons (Fsp3) is 0.250. The molecule has 2 aromatic carbocycles. The molecule has 0 spiro atoms. The summed E-state index contributed by atoms with van der Waals surface area (Å²) in [4.78, 5) is 26.8. The summed E-state index contributed by atoms with van der Waals surface area (Å²) in [7, 11) is 1.58. The minimum atomic E-state index is -0.362. The van der Waals surface area contributed by atoms with Crippen molar-refractivity contribution in [2.24, 2.45) is 0 Å². The lowest BCUT2D eigenvalue weighted by Gasteiger charge is -2.18. The Hall–Kier alpha value is -3.41. The number of benzene rings is 2. The Morgan fingerprint density at radius 1 is 1.03 bits per heavy atom. The molecule has 30 heavy (non-hydrogen) atoms. The number of halogens is 1. The van der Waals surface area contributed by atoms with Crippen molar-refractivity contribution in [1.82, 2.24) is 9.47 Å². The molecule has 0 fully saturated rings. The highest BCUT2D eigenvalue weighted by molar-refractivity contribution is 6.00. The molecule has 3 aromatic rings. The summed E-state index contributed by atoms with van der Waals surface area (Å²) < 4.78 is 16.0. The van der Waals surface area contributed by atoms with E-state index in [1.54, 1.807) is 42.8 Å². The topological polar surface area (TPSA) is 54.3 Å². The molecule has 5 nitrogen and oxygen atoms in total. The highest BCUT2D eigenvalue weighted by Crippen LogP contribution is 2.24. The first-order valence-electron chi connectivity index (χ1n) is 9.76. The van der Waals surface area contributed by atoms with E-state index in [0.29, 0.717) is 16.9 Å². The second-order valence-electron chi connectivity index (χ2n) is 7.53. The van der Waals surface area contributed by atoms with Crippen LogP contribution in [0.4, 0.5) is 10.1 Å². The molecule has 0 aliphatic heterocycles. The molecule has 0 aliphatic rings. The number of hydrogen-bond donors (Lipinski definition) is 1. The lowest BCUT2D eigenvalue weighted by atomic mass is 10.1. The van der Waals surface area contributed by atoms with Crippen LogP contribution in [0.3, 0.4) is 0 Å². The standard InChI is InChI=1S/C24H26FN3O2/c1-15-9-8-11-21(17(15)3)26-23(29)14-27(5)24(30)19-13-16(2)28(18(19)4)22-12-7-6-10-20(22)25/h6-13H,14H2,1-5H3,(H,26,29). The van der Waals surface area contributed by atoms with Crippen LogP contribution in [0.15, 0.2) is 48.5 Å². The zero-order valence-electron chi connectivity index (χ0n) is 17.9. The van der Waals surface area contributed by atoms with E-state index in [1.165, 1.54) is 11.0 Å². The lowest BCUT2D eigenvalue weighted by Crippen LogP contribution is -2.35. The summed E-state index contributed by atoms with van der Waals surface area (Å²) in [6.45, 7) is 7.43. The molecule has 1 heterocycles. The number of hydrogen-bond acceptors (Lipinski definition) is 2. The number of nitrogens with one attached hydrogen (secondary N) is 1.